The lowest BCUT2D eigenvalue weighted by Crippen LogP contribution is -2.29. The van der Waals surface area contributed by atoms with E-state index in [1.807, 2.05) is 30.3 Å². The summed E-state index contributed by atoms with van der Waals surface area (Å²) in [5, 5.41) is 4.85. The van der Waals surface area contributed by atoms with E-state index in [1.165, 1.54) is 16.9 Å². The molecule has 0 atom stereocenters. The molecule has 1 aliphatic rings. The van der Waals surface area contributed by atoms with Gasteiger partial charge in [-0.15, -0.1) is 11.3 Å². The first-order chi connectivity index (χ1) is 12.2. The molecule has 0 bridgehead atoms. The first kappa shape index (κ1) is 15.5. The fourth-order valence-corrected chi connectivity index (χ4v) is 3.56. The predicted molar refractivity (Wildman–Crippen MR) is 98.3 cm³/mol. The van der Waals surface area contributed by atoms with Crippen molar-refractivity contribution in [2.24, 2.45) is 0 Å². The van der Waals surface area contributed by atoms with E-state index in [4.69, 9.17) is 0 Å². The molecular formula is C19H15N3O2S. The van der Waals surface area contributed by atoms with Crippen LogP contribution < -0.4 is 10.2 Å². The minimum Gasteiger partial charge on any atom is -0.306 e. The number of aromatic nitrogens is 1. The minimum absolute atomic E-state index is 0.138. The summed E-state index contributed by atoms with van der Waals surface area (Å²) in [5.74, 6) is -0.373. The first-order valence-corrected chi connectivity index (χ1v) is 8.82. The maximum absolute atomic E-state index is 12.7. The fraction of sp³-hybridized carbons (Fsp3) is 0.105. The molecular weight excluding hydrogens is 334 g/mol. The zero-order valence-corrected chi connectivity index (χ0v) is 14.1. The van der Waals surface area contributed by atoms with E-state index in [0.29, 0.717) is 22.9 Å². The third kappa shape index (κ3) is 3.04. The highest BCUT2D eigenvalue weighted by molar-refractivity contribution is 7.14. The lowest BCUT2D eigenvalue weighted by atomic mass is 10.2. The van der Waals surface area contributed by atoms with Crippen molar-refractivity contribution in [3.63, 3.8) is 0 Å². The Morgan fingerprint density at radius 2 is 1.80 bits per heavy atom. The highest BCUT2D eigenvalue weighted by Gasteiger charge is 2.26. The maximum Gasteiger partial charge on any atom is 0.277 e. The molecule has 124 valence electrons. The van der Waals surface area contributed by atoms with Gasteiger partial charge < -0.3 is 4.90 Å². The molecule has 6 heteroatoms. The van der Waals surface area contributed by atoms with E-state index in [0.717, 1.165) is 12.1 Å². The van der Waals surface area contributed by atoms with Gasteiger partial charge in [-0.25, -0.2) is 4.98 Å². The van der Waals surface area contributed by atoms with E-state index >= 15 is 0 Å². The summed E-state index contributed by atoms with van der Waals surface area (Å²) in [7, 11) is 0. The number of rotatable bonds is 3. The highest BCUT2D eigenvalue weighted by atomic mass is 32.1. The molecule has 0 aliphatic carbocycles. The van der Waals surface area contributed by atoms with Gasteiger partial charge in [-0.2, -0.15) is 0 Å². The maximum atomic E-state index is 12.7. The predicted octanol–water partition coefficient (Wildman–Crippen LogP) is 3.60. The van der Waals surface area contributed by atoms with Crippen LogP contribution in [0.3, 0.4) is 0 Å². The summed E-state index contributed by atoms with van der Waals surface area (Å²) in [4.78, 5) is 30.9. The Bertz CT molecular complexity index is 937. The van der Waals surface area contributed by atoms with Gasteiger partial charge >= 0.3 is 0 Å². The van der Waals surface area contributed by atoms with Gasteiger partial charge in [0.1, 0.15) is 5.69 Å². The Kier molecular flexibility index (Phi) is 4.03. The molecule has 5 nitrogen and oxygen atoms in total. The number of para-hydroxylation sites is 1. The smallest absolute Gasteiger partial charge is 0.277 e. The third-order valence-electron chi connectivity index (χ3n) is 4.11. The van der Waals surface area contributed by atoms with Crippen LogP contribution in [-0.2, 0) is 6.42 Å². The lowest BCUT2D eigenvalue weighted by molar-refractivity contribution is 0.0982. The second kappa shape index (κ2) is 6.49. The van der Waals surface area contributed by atoms with Crippen LogP contribution in [0.25, 0.3) is 0 Å². The van der Waals surface area contributed by atoms with E-state index in [-0.39, 0.29) is 11.8 Å². The standard InChI is InChI=1S/C19H15N3O2S/c23-17(14-7-2-1-3-8-14)21-19-20-15(12-25-19)18(24)22-11-10-13-6-4-5-9-16(13)22/h1-9,12H,10-11H2,(H,20,21,23). The molecule has 4 rings (SSSR count). The van der Waals surface area contributed by atoms with Crippen LogP contribution in [0, 0.1) is 0 Å². The molecule has 0 fully saturated rings. The van der Waals surface area contributed by atoms with Crippen molar-refractivity contribution in [3.05, 3.63) is 76.8 Å². The van der Waals surface area contributed by atoms with Crippen molar-refractivity contribution in [2.75, 3.05) is 16.8 Å². The van der Waals surface area contributed by atoms with Crippen molar-refractivity contribution in [1.29, 1.82) is 0 Å². The number of fused-ring (bicyclic) bond motifs is 1. The Hall–Kier alpha value is -2.99. The summed E-state index contributed by atoms with van der Waals surface area (Å²) in [6, 6.07) is 16.8. The van der Waals surface area contributed by atoms with Crippen LogP contribution in [0.15, 0.2) is 60.0 Å². The van der Waals surface area contributed by atoms with Crippen LogP contribution in [0.4, 0.5) is 10.8 Å². The number of thiazole rings is 1. The molecule has 2 heterocycles. The molecule has 0 spiro atoms. The minimum atomic E-state index is -0.236. The first-order valence-electron chi connectivity index (χ1n) is 7.94. The molecule has 1 N–H and O–H groups in total. The number of amides is 2. The normalized spacial score (nSPS) is 12.7. The van der Waals surface area contributed by atoms with Gasteiger partial charge in [-0.3, -0.25) is 14.9 Å². The van der Waals surface area contributed by atoms with E-state index < -0.39 is 0 Å². The molecule has 0 saturated heterocycles. The number of nitrogens with zero attached hydrogens (tertiary/aromatic N) is 2. The van der Waals surface area contributed by atoms with Crippen LogP contribution in [0.1, 0.15) is 26.4 Å². The lowest BCUT2D eigenvalue weighted by Gasteiger charge is -2.15. The van der Waals surface area contributed by atoms with Crippen LogP contribution in [0.5, 0.6) is 0 Å². The van der Waals surface area contributed by atoms with Gasteiger partial charge in [-0.1, -0.05) is 36.4 Å². The average molecular weight is 349 g/mol. The van der Waals surface area contributed by atoms with Crippen LogP contribution >= 0.6 is 11.3 Å². The molecule has 3 aromatic rings. The van der Waals surface area contributed by atoms with Crippen molar-refractivity contribution in [3.8, 4) is 0 Å². The van der Waals surface area contributed by atoms with Gasteiger partial charge in [0.2, 0.25) is 0 Å². The molecule has 0 saturated carbocycles. The molecule has 0 unspecified atom stereocenters. The van der Waals surface area contributed by atoms with Crippen LogP contribution in [-0.4, -0.2) is 23.3 Å². The summed E-state index contributed by atoms with van der Waals surface area (Å²) < 4.78 is 0. The number of carbonyl (C=O) groups excluding carboxylic acids is 2. The molecule has 1 aliphatic heterocycles. The monoisotopic (exact) mass is 349 g/mol. The van der Waals surface area contributed by atoms with E-state index in [2.05, 4.69) is 10.3 Å². The molecule has 2 amide bonds. The largest absolute Gasteiger partial charge is 0.306 e. The third-order valence-corrected chi connectivity index (χ3v) is 4.87. The number of nitrogens with one attached hydrogen (secondary N) is 1. The SMILES string of the molecule is O=C(Nc1nc(C(=O)N2CCc3ccccc32)cs1)c1ccccc1. The van der Waals surface area contributed by atoms with Crippen molar-refractivity contribution < 1.29 is 9.59 Å². The number of anilines is 2. The Morgan fingerprint density at radius 3 is 2.64 bits per heavy atom. The van der Waals surface area contributed by atoms with Crippen LogP contribution in [0.2, 0.25) is 0 Å². The number of benzene rings is 2. The zero-order valence-electron chi connectivity index (χ0n) is 13.3. The van der Waals surface area contributed by atoms with Crippen molar-refractivity contribution in [2.45, 2.75) is 6.42 Å². The summed E-state index contributed by atoms with van der Waals surface area (Å²) >= 11 is 1.25. The number of hydrogen-bond acceptors (Lipinski definition) is 4. The Balaban J connectivity index is 1.50. The van der Waals surface area contributed by atoms with Gasteiger partial charge in [0.15, 0.2) is 5.13 Å². The van der Waals surface area contributed by atoms with Crippen molar-refractivity contribution in [1.82, 2.24) is 4.98 Å². The summed E-state index contributed by atoms with van der Waals surface area (Å²) in [6.07, 6.45) is 0.851. The highest BCUT2D eigenvalue weighted by Crippen LogP contribution is 2.29. The molecule has 25 heavy (non-hydrogen) atoms. The fourth-order valence-electron chi connectivity index (χ4n) is 2.88. The number of carbonyl (C=O) groups is 2. The van der Waals surface area contributed by atoms with Gasteiger partial charge in [-0.05, 0) is 30.2 Å². The molecule has 2 aromatic carbocycles. The van der Waals surface area contributed by atoms with E-state index in [9.17, 15) is 9.59 Å². The Labute approximate surface area is 148 Å². The van der Waals surface area contributed by atoms with Gasteiger partial charge in [0.05, 0.1) is 0 Å². The zero-order chi connectivity index (χ0) is 17.2. The Morgan fingerprint density at radius 1 is 1.04 bits per heavy atom. The average Bonchev–Trinajstić information content (AvgIpc) is 3.29. The van der Waals surface area contributed by atoms with Crippen molar-refractivity contribution >= 4 is 34.0 Å². The molecule has 1 aromatic heterocycles. The summed E-state index contributed by atoms with van der Waals surface area (Å²) in [6.45, 7) is 0.654. The molecule has 0 radical (unpaired) electrons. The second-order valence-electron chi connectivity index (χ2n) is 5.69. The van der Waals surface area contributed by atoms with E-state index in [1.54, 1.807) is 34.5 Å². The topological polar surface area (TPSA) is 62.3 Å². The van der Waals surface area contributed by atoms with Gasteiger partial charge in [0.25, 0.3) is 11.8 Å². The number of hydrogen-bond donors (Lipinski definition) is 1. The quantitative estimate of drug-likeness (QED) is 0.786. The second-order valence-corrected chi connectivity index (χ2v) is 6.55. The van der Waals surface area contributed by atoms with Gasteiger partial charge in [0, 0.05) is 23.2 Å². The summed E-state index contributed by atoms with van der Waals surface area (Å²) in [5.41, 5.74) is 3.02.